The minimum Gasteiger partial charge on any atom is -0.497 e. The first kappa shape index (κ1) is 21.3. The number of aliphatic hydroxyl groups excluding tert-OH is 4. The van der Waals surface area contributed by atoms with Gasteiger partial charge >= 0.3 is 0 Å². The van der Waals surface area contributed by atoms with E-state index in [0.29, 0.717) is 0 Å². The Bertz CT molecular complexity index is 892. The Balaban J connectivity index is 1.73. The number of hydrogen-bond acceptors (Lipinski definition) is 6. The van der Waals surface area contributed by atoms with Crippen LogP contribution in [0.3, 0.4) is 0 Å². The van der Waals surface area contributed by atoms with Crippen LogP contribution in [-0.4, -0.2) is 58.6 Å². The summed E-state index contributed by atoms with van der Waals surface area (Å²) in [4.78, 5) is 0. The number of ether oxygens (including phenoxy) is 2. The van der Waals surface area contributed by atoms with E-state index in [1.165, 1.54) is 11.1 Å². The van der Waals surface area contributed by atoms with Gasteiger partial charge in [-0.1, -0.05) is 18.2 Å². The molecule has 4 rings (SSSR count). The minimum atomic E-state index is -1.37. The van der Waals surface area contributed by atoms with E-state index in [-0.39, 0.29) is 0 Å². The lowest BCUT2D eigenvalue weighted by Gasteiger charge is -2.41. The molecule has 0 spiro atoms. The smallest absolute Gasteiger partial charge is 0.118 e. The highest BCUT2D eigenvalue weighted by Crippen LogP contribution is 2.40. The molecule has 0 aromatic heterocycles. The zero-order chi connectivity index (χ0) is 21.4. The van der Waals surface area contributed by atoms with Crippen LogP contribution in [0.2, 0.25) is 0 Å². The molecule has 5 atom stereocenters. The number of rotatable bonds is 5. The van der Waals surface area contributed by atoms with Crippen molar-refractivity contribution in [1.29, 1.82) is 0 Å². The van der Waals surface area contributed by atoms with E-state index in [1.807, 2.05) is 24.3 Å². The van der Waals surface area contributed by atoms with E-state index >= 15 is 0 Å². The van der Waals surface area contributed by atoms with E-state index in [2.05, 4.69) is 13.0 Å². The lowest BCUT2D eigenvalue weighted by atomic mass is 9.84. The molecule has 162 valence electrons. The van der Waals surface area contributed by atoms with Gasteiger partial charge in [0, 0.05) is 0 Å². The highest BCUT2D eigenvalue weighted by molar-refractivity contribution is 5.50. The highest BCUT2D eigenvalue weighted by atomic mass is 16.5. The number of fused-ring (bicyclic) bond motifs is 1. The van der Waals surface area contributed by atoms with Crippen LogP contribution in [0.15, 0.2) is 30.3 Å². The van der Waals surface area contributed by atoms with E-state index in [0.717, 1.165) is 53.7 Å². The lowest BCUT2D eigenvalue weighted by Crippen LogP contribution is -2.55. The first-order valence-electron chi connectivity index (χ1n) is 10.5. The highest BCUT2D eigenvalue weighted by Gasteiger charge is 2.45. The van der Waals surface area contributed by atoms with Crippen LogP contribution in [0.1, 0.15) is 45.9 Å². The van der Waals surface area contributed by atoms with Crippen LogP contribution in [0.4, 0.5) is 0 Å². The normalized spacial score (nSPS) is 28.4. The summed E-state index contributed by atoms with van der Waals surface area (Å²) >= 11 is 0. The number of benzene rings is 2. The standard InChI is InChI=1S/C24H30O6/c1-13-15(10-14-6-8-16(29-2)9-7-14)11-19(18-5-3-4-17(13)18)24-23(28)22(27)21(26)20(12-25)30-24/h6-9,11,20-28H,3-5,10,12H2,1-2H3/t20-,21-,22-,23-,24+/m0/s1. The third kappa shape index (κ3) is 3.74. The first-order valence-corrected chi connectivity index (χ1v) is 10.5. The third-order valence-electron chi connectivity index (χ3n) is 6.58. The maximum atomic E-state index is 10.7. The molecule has 2 aromatic carbocycles. The van der Waals surface area contributed by atoms with Crippen molar-refractivity contribution in [3.05, 3.63) is 63.7 Å². The maximum Gasteiger partial charge on any atom is 0.118 e. The van der Waals surface area contributed by atoms with Gasteiger partial charge in [0.2, 0.25) is 0 Å². The molecule has 4 N–H and O–H groups in total. The summed E-state index contributed by atoms with van der Waals surface area (Å²) in [6.07, 6.45) is -2.04. The second kappa shape index (κ2) is 8.65. The SMILES string of the molecule is COc1ccc(Cc2cc([C@H]3O[C@@H](CO)[C@H](O)[C@H](O)[C@@H]3O)c3c(c2C)CCC3)cc1. The summed E-state index contributed by atoms with van der Waals surface area (Å²) < 4.78 is 11.1. The summed E-state index contributed by atoms with van der Waals surface area (Å²) in [6.45, 7) is 1.72. The fraction of sp³-hybridized carbons (Fsp3) is 0.500. The lowest BCUT2D eigenvalue weighted by molar-refractivity contribution is -0.231. The zero-order valence-electron chi connectivity index (χ0n) is 17.4. The second-order valence-electron chi connectivity index (χ2n) is 8.33. The van der Waals surface area contributed by atoms with Crippen molar-refractivity contribution >= 4 is 0 Å². The summed E-state index contributed by atoms with van der Waals surface area (Å²) in [5.74, 6) is 0.812. The Morgan fingerprint density at radius 3 is 2.37 bits per heavy atom. The number of hydrogen-bond donors (Lipinski definition) is 4. The fourth-order valence-electron chi connectivity index (χ4n) is 4.81. The summed E-state index contributed by atoms with van der Waals surface area (Å²) in [7, 11) is 1.65. The van der Waals surface area contributed by atoms with Gasteiger partial charge in [0.25, 0.3) is 0 Å². The molecule has 2 aromatic rings. The monoisotopic (exact) mass is 414 g/mol. The van der Waals surface area contributed by atoms with Gasteiger partial charge in [-0.3, -0.25) is 0 Å². The van der Waals surface area contributed by atoms with Crippen LogP contribution in [0.5, 0.6) is 5.75 Å². The van der Waals surface area contributed by atoms with Crippen molar-refractivity contribution in [3.8, 4) is 5.75 Å². The van der Waals surface area contributed by atoms with Crippen LogP contribution in [0.25, 0.3) is 0 Å². The Hall–Kier alpha value is -1.96. The van der Waals surface area contributed by atoms with Crippen LogP contribution in [0, 0.1) is 6.92 Å². The van der Waals surface area contributed by atoms with Crippen molar-refractivity contribution in [2.75, 3.05) is 13.7 Å². The number of methoxy groups -OCH3 is 1. The average molecular weight is 414 g/mol. The maximum absolute atomic E-state index is 10.7. The van der Waals surface area contributed by atoms with Gasteiger partial charge < -0.3 is 29.9 Å². The minimum absolute atomic E-state index is 0.422. The molecule has 1 fully saturated rings. The van der Waals surface area contributed by atoms with Gasteiger partial charge in [-0.25, -0.2) is 0 Å². The van der Waals surface area contributed by atoms with Crippen molar-refractivity contribution in [3.63, 3.8) is 0 Å². The summed E-state index contributed by atoms with van der Waals surface area (Å²) in [5, 5.41) is 40.7. The van der Waals surface area contributed by atoms with Gasteiger partial charge in [0.1, 0.15) is 36.3 Å². The van der Waals surface area contributed by atoms with Crippen molar-refractivity contribution in [2.24, 2.45) is 0 Å². The Kier molecular flexibility index (Phi) is 6.14. The second-order valence-corrected chi connectivity index (χ2v) is 8.33. The third-order valence-corrected chi connectivity index (χ3v) is 6.58. The molecule has 0 bridgehead atoms. The Labute approximate surface area is 176 Å². The molecule has 0 radical (unpaired) electrons. The molecule has 1 saturated heterocycles. The molecule has 1 aliphatic carbocycles. The molecule has 2 aliphatic rings. The summed E-state index contributed by atoms with van der Waals surface area (Å²) in [5.41, 5.74) is 6.85. The molecule has 0 unspecified atom stereocenters. The van der Waals surface area contributed by atoms with Gasteiger partial charge in [-0.15, -0.1) is 0 Å². The molecule has 30 heavy (non-hydrogen) atoms. The van der Waals surface area contributed by atoms with Crippen molar-refractivity contribution in [2.45, 2.75) is 63.1 Å². The molecule has 0 amide bonds. The van der Waals surface area contributed by atoms with Crippen LogP contribution < -0.4 is 4.74 Å². The largest absolute Gasteiger partial charge is 0.497 e. The topological polar surface area (TPSA) is 99.4 Å². The first-order chi connectivity index (χ1) is 14.4. The van der Waals surface area contributed by atoms with E-state index in [4.69, 9.17) is 9.47 Å². The molecular weight excluding hydrogens is 384 g/mol. The van der Waals surface area contributed by atoms with Gasteiger partial charge in [-0.2, -0.15) is 0 Å². The molecule has 6 nitrogen and oxygen atoms in total. The fourth-order valence-corrected chi connectivity index (χ4v) is 4.81. The molecule has 1 heterocycles. The van der Waals surface area contributed by atoms with E-state index < -0.39 is 37.1 Å². The van der Waals surface area contributed by atoms with Gasteiger partial charge in [0.05, 0.1) is 13.7 Å². The van der Waals surface area contributed by atoms with Crippen LogP contribution >= 0.6 is 0 Å². The van der Waals surface area contributed by atoms with Crippen LogP contribution in [-0.2, 0) is 24.0 Å². The molecule has 0 saturated carbocycles. The van der Waals surface area contributed by atoms with Crippen molar-refractivity contribution in [1.82, 2.24) is 0 Å². The van der Waals surface area contributed by atoms with Gasteiger partial charge in [-0.05, 0) is 78.1 Å². The van der Waals surface area contributed by atoms with E-state index in [1.54, 1.807) is 7.11 Å². The predicted molar refractivity (Wildman–Crippen MR) is 112 cm³/mol. The average Bonchev–Trinajstić information content (AvgIpc) is 3.26. The number of aliphatic hydroxyl groups is 4. The zero-order valence-corrected chi connectivity index (χ0v) is 17.4. The Morgan fingerprint density at radius 2 is 1.70 bits per heavy atom. The molecule has 1 aliphatic heterocycles. The van der Waals surface area contributed by atoms with E-state index in [9.17, 15) is 20.4 Å². The molecular formula is C24H30O6. The Morgan fingerprint density at radius 1 is 1.00 bits per heavy atom. The van der Waals surface area contributed by atoms with Crippen molar-refractivity contribution < 1.29 is 29.9 Å². The predicted octanol–water partition coefficient (Wildman–Crippen LogP) is 1.60. The molecule has 6 heteroatoms. The quantitative estimate of drug-likeness (QED) is 0.593. The summed E-state index contributed by atoms with van der Waals surface area (Å²) in [6, 6.07) is 10.0. The van der Waals surface area contributed by atoms with Gasteiger partial charge in [0.15, 0.2) is 0 Å².